The Morgan fingerprint density at radius 2 is 1.75 bits per heavy atom. The van der Waals surface area contributed by atoms with Gasteiger partial charge in [-0.2, -0.15) is 5.26 Å². The second kappa shape index (κ2) is 9.93. The number of nitrogens with zero attached hydrogens (tertiary/aromatic N) is 2. The zero-order chi connectivity index (χ0) is 25.1. The molecule has 0 saturated carbocycles. The molecule has 0 fully saturated rings. The van der Waals surface area contributed by atoms with E-state index in [1.807, 2.05) is 72.3 Å². The van der Waals surface area contributed by atoms with E-state index in [1.165, 1.54) is 6.07 Å². The number of H-pyrrole nitrogens is 1. The average Bonchev–Trinajstić information content (AvgIpc) is 3.42. The summed E-state index contributed by atoms with van der Waals surface area (Å²) in [6.07, 6.45) is 4.23. The van der Waals surface area contributed by atoms with Gasteiger partial charge < -0.3 is 14.9 Å². The van der Waals surface area contributed by atoms with E-state index >= 15 is 0 Å². The van der Waals surface area contributed by atoms with Crippen LogP contribution < -0.4 is 5.32 Å². The molecule has 5 aromatic rings. The number of nitriles is 1. The summed E-state index contributed by atoms with van der Waals surface area (Å²) in [5.74, 6) is -0.679. The third kappa shape index (κ3) is 4.39. The first-order chi connectivity index (χ1) is 17.6. The fourth-order valence-electron chi connectivity index (χ4n) is 4.68. The molecule has 0 aliphatic heterocycles. The first-order valence-electron chi connectivity index (χ1n) is 11.8. The summed E-state index contributed by atoms with van der Waals surface area (Å²) >= 11 is 0. The van der Waals surface area contributed by atoms with Crippen LogP contribution in [0.2, 0.25) is 0 Å². The molecular formula is C30H25FN4O. The van der Waals surface area contributed by atoms with Gasteiger partial charge in [0.15, 0.2) is 0 Å². The van der Waals surface area contributed by atoms with E-state index in [0.717, 1.165) is 38.6 Å². The van der Waals surface area contributed by atoms with Crippen molar-refractivity contribution in [3.63, 3.8) is 0 Å². The monoisotopic (exact) mass is 476 g/mol. The molecule has 0 aliphatic rings. The van der Waals surface area contributed by atoms with Gasteiger partial charge in [0.25, 0.3) is 5.91 Å². The molecule has 0 unspecified atom stereocenters. The number of hydrogen-bond donors (Lipinski definition) is 2. The normalized spacial score (nSPS) is 11.6. The molecule has 2 aromatic heterocycles. The molecule has 5 nitrogen and oxygen atoms in total. The molecule has 0 bridgehead atoms. The molecule has 36 heavy (non-hydrogen) atoms. The highest BCUT2D eigenvalue weighted by atomic mass is 19.1. The number of benzene rings is 3. The Hall–Kier alpha value is -4.63. The number of fused-ring (bicyclic) bond motifs is 2. The number of halogens is 1. The highest BCUT2D eigenvalue weighted by molar-refractivity contribution is 6.04. The van der Waals surface area contributed by atoms with Crippen LogP contribution in [0.15, 0.2) is 84.6 Å². The van der Waals surface area contributed by atoms with Gasteiger partial charge in [-0.15, -0.1) is 0 Å². The lowest BCUT2D eigenvalue weighted by molar-refractivity contribution is -0.117. The molecule has 3 aromatic carbocycles. The highest BCUT2D eigenvalue weighted by Crippen LogP contribution is 2.29. The van der Waals surface area contributed by atoms with Gasteiger partial charge in [0.2, 0.25) is 0 Å². The van der Waals surface area contributed by atoms with Crippen LogP contribution in [0.25, 0.3) is 27.9 Å². The van der Waals surface area contributed by atoms with Crippen LogP contribution in [0.3, 0.4) is 0 Å². The molecule has 0 radical (unpaired) electrons. The molecule has 5 rings (SSSR count). The fourth-order valence-corrected chi connectivity index (χ4v) is 4.68. The predicted molar refractivity (Wildman–Crippen MR) is 141 cm³/mol. The summed E-state index contributed by atoms with van der Waals surface area (Å²) in [6.45, 7) is 2.69. The first-order valence-corrected chi connectivity index (χ1v) is 11.8. The second-order valence-electron chi connectivity index (χ2n) is 8.73. The molecular weight excluding hydrogens is 451 g/mol. The van der Waals surface area contributed by atoms with Gasteiger partial charge in [-0.1, -0.05) is 54.6 Å². The maximum Gasteiger partial charge on any atom is 0.261 e. The van der Waals surface area contributed by atoms with Crippen LogP contribution >= 0.6 is 0 Å². The lowest BCUT2D eigenvalue weighted by atomic mass is 10.1. The van der Waals surface area contributed by atoms with Crippen LogP contribution in [-0.2, 0) is 17.8 Å². The van der Waals surface area contributed by atoms with Crippen molar-refractivity contribution in [2.75, 3.05) is 6.54 Å². The quantitative estimate of drug-likeness (QED) is 0.227. The van der Waals surface area contributed by atoms with E-state index in [1.54, 1.807) is 18.2 Å². The minimum Gasteiger partial charge on any atom is -0.361 e. The molecule has 0 aliphatic carbocycles. The largest absolute Gasteiger partial charge is 0.361 e. The molecule has 0 atom stereocenters. The Morgan fingerprint density at radius 3 is 2.56 bits per heavy atom. The van der Waals surface area contributed by atoms with Crippen LogP contribution in [0.1, 0.15) is 22.4 Å². The van der Waals surface area contributed by atoms with Crippen molar-refractivity contribution < 1.29 is 9.18 Å². The minimum absolute atomic E-state index is 0.0332. The number of nitrogens with one attached hydrogen (secondary N) is 2. The van der Waals surface area contributed by atoms with E-state index in [0.29, 0.717) is 25.1 Å². The van der Waals surface area contributed by atoms with Gasteiger partial charge in [-0.25, -0.2) is 4.39 Å². The summed E-state index contributed by atoms with van der Waals surface area (Å²) in [5.41, 5.74) is 5.34. The summed E-state index contributed by atoms with van der Waals surface area (Å²) in [5, 5.41) is 14.7. The van der Waals surface area contributed by atoms with E-state index in [9.17, 15) is 14.4 Å². The van der Waals surface area contributed by atoms with E-state index in [4.69, 9.17) is 0 Å². The van der Waals surface area contributed by atoms with E-state index in [2.05, 4.69) is 16.4 Å². The van der Waals surface area contributed by atoms with Gasteiger partial charge in [0, 0.05) is 51.4 Å². The average molecular weight is 477 g/mol. The van der Waals surface area contributed by atoms with Crippen LogP contribution in [0, 0.1) is 24.1 Å². The van der Waals surface area contributed by atoms with Crippen molar-refractivity contribution in [3.8, 4) is 6.07 Å². The smallest absolute Gasteiger partial charge is 0.261 e. The van der Waals surface area contributed by atoms with E-state index in [-0.39, 0.29) is 11.4 Å². The summed E-state index contributed by atoms with van der Waals surface area (Å²) in [6, 6.07) is 24.5. The van der Waals surface area contributed by atoms with Crippen LogP contribution in [-0.4, -0.2) is 22.0 Å². The van der Waals surface area contributed by atoms with Crippen molar-refractivity contribution in [2.24, 2.45) is 0 Å². The van der Waals surface area contributed by atoms with Crippen molar-refractivity contribution in [1.29, 1.82) is 5.26 Å². The third-order valence-electron chi connectivity index (χ3n) is 6.57. The van der Waals surface area contributed by atoms with Gasteiger partial charge in [-0.05, 0) is 43.2 Å². The molecule has 2 heterocycles. The Bertz CT molecular complexity index is 1650. The van der Waals surface area contributed by atoms with Crippen molar-refractivity contribution in [2.45, 2.75) is 19.9 Å². The number of aromatic nitrogens is 2. The number of carbonyl (C=O) groups excluding carboxylic acids is 1. The zero-order valence-electron chi connectivity index (χ0n) is 19.9. The Morgan fingerprint density at radius 1 is 1.03 bits per heavy atom. The molecule has 6 heteroatoms. The second-order valence-corrected chi connectivity index (χ2v) is 8.73. The number of para-hydroxylation sites is 2. The SMILES string of the molecule is Cc1c(/C=C(/C#N)C(=O)NCCc2c[nH]c3ccccc23)c2ccccc2n1Cc1ccccc1F. The Balaban J connectivity index is 1.40. The molecule has 2 N–H and O–H groups in total. The lowest BCUT2D eigenvalue weighted by Crippen LogP contribution is -2.26. The van der Waals surface area contributed by atoms with Crippen molar-refractivity contribution >= 4 is 33.8 Å². The molecule has 0 spiro atoms. The van der Waals surface area contributed by atoms with Gasteiger partial charge >= 0.3 is 0 Å². The highest BCUT2D eigenvalue weighted by Gasteiger charge is 2.17. The first kappa shape index (κ1) is 23.1. The van der Waals surface area contributed by atoms with Gasteiger partial charge in [0.1, 0.15) is 17.5 Å². The maximum atomic E-state index is 14.4. The lowest BCUT2D eigenvalue weighted by Gasteiger charge is -2.09. The molecule has 1 amide bonds. The summed E-state index contributed by atoms with van der Waals surface area (Å²) < 4.78 is 16.4. The molecule has 0 saturated heterocycles. The number of carbonyl (C=O) groups is 1. The predicted octanol–water partition coefficient (Wildman–Crippen LogP) is 5.88. The maximum absolute atomic E-state index is 14.4. The summed E-state index contributed by atoms with van der Waals surface area (Å²) in [7, 11) is 0. The Labute approximate surface area is 208 Å². The van der Waals surface area contributed by atoms with Crippen LogP contribution in [0.4, 0.5) is 4.39 Å². The van der Waals surface area contributed by atoms with Crippen LogP contribution in [0.5, 0.6) is 0 Å². The minimum atomic E-state index is -0.414. The van der Waals surface area contributed by atoms with Crippen molar-refractivity contribution in [1.82, 2.24) is 14.9 Å². The number of aromatic amines is 1. The molecule has 178 valence electrons. The number of amides is 1. The standard InChI is InChI=1S/C30H25FN4O/c1-20-26(25-10-4-7-13-29(25)35(20)19-22-8-2-5-11-27(22)31)16-23(17-32)30(36)33-15-14-21-18-34-28-12-6-3-9-24(21)28/h2-13,16,18,34H,14-15,19H2,1H3,(H,33,36)/b23-16-. The van der Waals surface area contributed by atoms with E-state index < -0.39 is 5.91 Å². The summed E-state index contributed by atoms with van der Waals surface area (Å²) in [4.78, 5) is 16.1. The van der Waals surface area contributed by atoms with Gasteiger partial charge in [0.05, 0.1) is 6.54 Å². The Kier molecular flexibility index (Phi) is 6.38. The van der Waals surface area contributed by atoms with Crippen molar-refractivity contribution in [3.05, 3.63) is 113 Å². The van der Waals surface area contributed by atoms with Gasteiger partial charge in [-0.3, -0.25) is 4.79 Å². The number of hydrogen-bond acceptors (Lipinski definition) is 2. The topological polar surface area (TPSA) is 73.6 Å². The fraction of sp³-hybridized carbons (Fsp3) is 0.133. The zero-order valence-corrected chi connectivity index (χ0v) is 19.9. The number of rotatable bonds is 7. The third-order valence-corrected chi connectivity index (χ3v) is 6.57.